The molecule has 0 atom stereocenters. The summed E-state index contributed by atoms with van der Waals surface area (Å²) in [5.41, 5.74) is 5.06. The molecule has 27 heavy (non-hydrogen) atoms. The Bertz CT molecular complexity index is 1260. The molecule has 4 heterocycles. The number of nitrogens with zero attached hydrogens (tertiary/aromatic N) is 5. The van der Waals surface area contributed by atoms with Crippen molar-refractivity contribution >= 4 is 38.8 Å². The lowest BCUT2D eigenvalue weighted by Crippen LogP contribution is -2.02. The Hall–Kier alpha value is -3.32. The number of thiazole rings is 1. The Balaban J connectivity index is 1.47. The summed E-state index contributed by atoms with van der Waals surface area (Å²) >= 11 is 1.57. The van der Waals surface area contributed by atoms with Crippen molar-refractivity contribution in [2.45, 2.75) is 13.3 Å². The predicted octanol–water partition coefficient (Wildman–Crippen LogP) is 4.38. The van der Waals surface area contributed by atoms with Crippen LogP contribution in [0.4, 0.5) is 10.9 Å². The maximum absolute atomic E-state index is 4.70. The lowest BCUT2D eigenvalue weighted by molar-refractivity contribution is 0.876. The molecule has 5 rings (SSSR count). The monoisotopic (exact) mass is 372 g/mol. The Morgan fingerprint density at radius 1 is 1.11 bits per heavy atom. The first-order valence-electron chi connectivity index (χ1n) is 8.61. The minimum absolute atomic E-state index is 0.749. The van der Waals surface area contributed by atoms with Gasteiger partial charge in [0.25, 0.3) is 0 Å². The fourth-order valence-corrected chi connectivity index (χ4v) is 3.77. The van der Waals surface area contributed by atoms with E-state index in [9.17, 15) is 0 Å². The summed E-state index contributed by atoms with van der Waals surface area (Å²) in [7, 11) is 0. The topological polar surface area (TPSA) is 68.0 Å². The molecular weight excluding hydrogens is 356 g/mol. The second-order valence-electron chi connectivity index (χ2n) is 6.36. The van der Waals surface area contributed by atoms with Crippen molar-refractivity contribution in [3.63, 3.8) is 0 Å². The number of anilines is 2. The van der Waals surface area contributed by atoms with E-state index in [0.29, 0.717) is 0 Å². The number of pyridine rings is 1. The molecule has 0 aliphatic heterocycles. The van der Waals surface area contributed by atoms with Gasteiger partial charge in [-0.1, -0.05) is 12.1 Å². The third kappa shape index (κ3) is 3.13. The van der Waals surface area contributed by atoms with Crippen molar-refractivity contribution < 1.29 is 0 Å². The largest absolute Gasteiger partial charge is 0.315 e. The molecule has 4 aromatic heterocycles. The van der Waals surface area contributed by atoms with Crippen molar-refractivity contribution in [2.24, 2.45) is 0 Å². The van der Waals surface area contributed by atoms with E-state index in [1.165, 1.54) is 5.56 Å². The van der Waals surface area contributed by atoms with Crippen molar-refractivity contribution in [3.8, 4) is 0 Å². The molecule has 132 valence electrons. The zero-order valence-electron chi connectivity index (χ0n) is 14.6. The molecule has 0 fully saturated rings. The fraction of sp³-hybridized carbons (Fsp3) is 0.100. The van der Waals surface area contributed by atoms with Gasteiger partial charge < -0.3 is 5.32 Å². The van der Waals surface area contributed by atoms with E-state index >= 15 is 0 Å². The van der Waals surface area contributed by atoms with E-state index in [-0.39, 0.29) is 0 Å². The summed E-state index contributed by atoms with van der Waals surface area (Å²) < 4.78 is 1.89. The van der Waals surface area contributed by atoms with Gasteiger partial charge in [-0.2, -0.15) is 0 Å². The highest BCUT2D eigenvalue weighted by atomic mass is 32.1. The van der Waals surface area contributed by atoms with E-state index in [2.05, 4.69) is 44.5 Å². The van der Waals surface area contributed by atoms with Crippen LogP contribution in [-0.2, 0) is 6.42 Å². The molecule has 0 aliphatic carbocycles. The van der Waals surface area contributed by atoms with Gasteiger partial charge in [0.05, 0.1) is 23.1 Å². The summed E-state index contributed by atoms with van der Waals surface area (Å²) in [6.45, 7) is 1.98. The number of hydrogen-bond acceptors (Lipinski definition) is 6. The molecule has 0 amide bonds. The molecule has 0 bridgehead atoms. The number of aromatic nitrogens is 5. The van der Waals surface area contributed by atoms with Crippen LogP contribution >= 0.6 is 11.3 Å². The minimum atomic E-state index is 0.749. The van der Waals surface area contributed by atoms with Gasteiger partial charge in [-0.15, -0.1) is 16.4 Å². The summed E-state index contributed by atoms with van der Waals surface area (Å²) in [4.78, 5) is 13.3. The van der Waals surface area contributed by atoms with Crippen LogP contribution in [-0.4, -0.2) is 24.6 Å². The highest BCUT2D eigenvalue weighted by Crippen LogP contribution is 2.21. The lowest BCUT2D eigenvalue weighted by Gasteiger charge is -2.06. The van der Waals surface area contributed by atoms with Gasteiger partial charge in [0.15, 0.2) is 16.6 Å². The number of rotatable bonds is 4. The Morgan fingerprint density at radius 3 is 2.96 bits per heavy atom. The molecule has 1 N–H and O–H groups in total. The number of hydrogen-bond donors (Lipinski definition) is 1. The standard InChI is InChI=1S/C20H16N6S/c1-13-12-27-20(23-13)24-18-6-7-19-22-11-16(26(19)25-18)10-14-4-5-17-15(9-14)3-2-8-21-17/h2-9,11-12H,10H2,1H3,(H,23,24,25). The van der Waals surface area contributed by atoms with Crippen molar-refractivity contribution in [3.05, 3.63) is 77.2 Å². The van der Waals surface area contributed by atoms with E-state index < -0.39 is 0 Å². The average molecular weight is 372 g/mol. The number of imidazole rings is 1. The Kier molecular flexibility index (Phi) is 3.79. The second kappa shape index (κ2) is 6.44. The molecule has 0 saturated heterocycles. The van der Waals surface area contributed by atoms with Crippen LogP contribution in [0.1, 0.15) is 17.0 Å². The lowest BCUT2D eigenvalue weighted by atomic mass is 10.1. The van der Waals surface area contributed by atoms with Gasteiger partial charge in [0.1, 0.15) is 0 Å². The first-order chi connectivity index (χ1) is 13.2. The van der Waals surface area contributed by atoms with Crippen LogP contribution in [0, 0.1) is 6.92 Å². The van der Waals surface area contributed by atoms with Crippen LogP contribution < -0.4 is 5.32 Å². The van der Waals surface area contributed by atoms with Crippen LogP contribution in [0.2, 0.25) is 0 Å². The summed E-state index contributed by atoms with van der Waals surface area (Å²) in [6.07, 6.45) is 4.45. The second-order valence-corrected chi connectivity index (χ2v) is 7.22. The highest BCUT2D eigenvalue weighted by molar-refractivity contribution is 7.13. The third-order valence-corrected chi connectivity index (χ3v) is 5.22. The molecule has 1 aromatic carbocycles. The molecule has 0 unspecified atom stereocenters. The Morgan fingerprint density at radius 2 is 2.07 bits per heavy atom. The van der Waals surface area contributed by atoms with Gasteiger partial charge in [0, 0.05) is 23.4 Å². The van der Waals surface area contributed by atoms with Gasteiger partial charge in [-0.25, -0.2) is 14.5 Å². The Labute approximate surface area is 159 Å². The molecular formula is C20H16N6S. The molecule has 7 heteroatoms. The highest BCUT2D eigenvalue weighted by Gasteiger charge is 2.08. The predicted molar refractivity (Wildman–Crippen MR) is 108 cm³/mol. The summed E-state index contributed by atoms with van der Waals surface area (Å²) in [6, 6.07) is 14.3. The first-order valence-corrected chi connectivity index (χ1v) is 9.49. The molecule has 6 nitrogen and oxygen atoms in total. The SMILES string of the molecule is Cc1csc(Nc2ccc3ncc(Cc4ccc5ncccc5c4)n3n2)n1. The van der Waals surface area contributed by atoms with Crippen LogP contribution in [0.3, 0.4) is 0 Å². The zero-order valence-corrected chi connectivity index (χ0v) is 15.4. The van der Waals surface area contributed by atoms with E-state index in [1.54, 1.807) is 11.3 Å². The average Bonchev–Trinajstić information content (AvgIpc) is 3.28. The number of aryl methyl sites for hydroxylation is 1. The van der Waals surface area contributed by atoms with Gasteiger partial charge >= 0.3 is 0 Å². The van der Waals surface area contributed by atoms with Crippen LogP contribution in [0.25, 0.3) is 16.6 Å². The maximum Gasteiger partial charge on any atom is 0.188 e. The van der Waals surface area contributed by atoms with Gasteiger partial charge in [-0.3, -0.25) is 4.98 Å². The first kappa shape index (κ1) is 15.9. The number of benzene rings is 1. The van der Waals surface area contributed by atoms with Gasteiger partial charge in [-0.05, 0) is 42.8 Å². The van der Waals surface area contributed by atoms with Crippen LogP contribution in [0.15, 0.2) is 60.2 Å². The molecule has 0 aliphatic rings. The molecule has 0 radical (unpaired) electrons. The summed E-state index contributed by atoms with van der Waals surface area (Å²) in [5.74, 6) is 0.749. The smallest absolute Gasteiger partial charge is 0.188 e. The normalized spacial score (nSPS) is 11.3. The molecule has 5 aromatic rings. The van der Waals surface area contributed by atoms with E-state index in [1.807, 2.05) is 47.4 Å². The molecule has 0 saturated carbocycles. The van der Waals surface area contributed by atoms with Gasteiger partial charge in [0.2, 0.25) is 0 Å². The van der Waals surface area contributed by atoms with Crippen molar-refractivity contribution in [1.29, 1.82) is 0 Å². The molecule has 0 spiro atoms. The van der Waals surface area contributed by atoms with Crippen LogP contribution in [0.5, 0.6) is 0 Å². The number of fused-ring (bicyclic) bond motifs is 2. The maximum atomic E-state index is 4.70. The van der Waals surface area contributed by atoms with E-state index in [0.717, 1.165) is 45.3 Å². The zero-order chi connectivity index (χ0) is 18.2. The third-order valence-electron chi connectivity index (χ3n) is 4.34. The summed E-state index contributed by atoms with van der Waals surface area (Å²) in [5, 5.41) is 11.9. The fourth-order valence-electron chi connectivity index (χ4n) is 3.07. The van der Waals surface area contributed by atoms with Crippen molar-refractivity contribution in [1.82, 2.24) is 24.6 Å². The number of nitrogens with one attached hydrogen (secondary N) is 1. The minimum Gasteiger partial charge on any atom is -0.315 e. The van der Waals surface area contributed by atoms with Crippen molar-refractivity contribution in [2.75, 3.05) is 5.32 Å². The quantitative estimate of drug-likeness (QED) is 0.507. The van der Waals surface area contributed by atoms with E-state index in [4.69, 9.17) is 5.10 Å².